The van der Waals surface area contributed by atoms with Crippen molar-refractivity contribution in [2.75, 3.05) is 0 Å². The molecule has 1 rings (SSSR count). The standard InChI is InChI=1S/C12H13FO4/c1-3-10(12(15)16)17-11-5-4-8(7(2)14)6-9(11)13/h4-6,10H,3H2,1-2H3,(H,15,16). The molecule has 0 aliphatic carbocycles. The van der Waals surface area contributed by atoms with E-state index in [4.69, 9.17) is 9.84 Å². The van der Waals surface area contributed by atoms with Crippen LogP contribution in [-0.2, 0) is 4.79 Å². The Labute approximate surface area is 98.0 Å². The second-order valence-corrected chi connectivity index (χ2v) is 3.55. The molecule has 1 aromatic carbocycles. The molecule has 0 aromatic heterocycles. The predicted molar refractivity (Wildman–Crippen MR) is 58.7 cm³/mol. The number of carboxylic acids is 1. The van der Waals surface area contributed by atoms with Crippen LogP contribution in [0.5, 0.6) is 5.75 Å². The number of carboxylic acid groups (broad SMARTS) is 1. The normalized spacial score (nSPS) is 11.9. The lowest BCUT2D eigenvalue weighted by Crippen LogP contribution is -2.26. The van der Waals surface area contributed by atoms with Crippen molar-refractivity contribution in [1.82, 2.24) is 0 Å². The number of hydrogen-bond acceptors (Lipinski definition) is 3. The molecule has 0 saturated heterocycles. The van der Waals surface area contributed by atoms with Gasteiger partial charge in [-0.05, 0) is 31.5 Å². The second-order valence-electron chi connectivity index (χ2n) is 3.55. The summed E-state index contributed by atoms with van der Waals surface area (Å²) in [6, 6.07) is 3.69. The third-order valence-corrected chi connectivity index (χ3v) is 2.25. The van der Waals surface area contributed by atoms with Crippen LogP contribution in [0.25, 0.3) is 0 Å². The highest BCUT2D eigenvalue weighted by atomic mass is 19.1. The summed E-state index contributed by atoms with van der Waals surface area (Å²) < 4.78 is 18.5. The van der Waals surface area contributed by atoms with Gasteiger partial charge in [-0.3, -0.25) is 4.79 Å². The first-order valence-corrected chi connectivity index (χ1v) is 5.15. The van der Waals surface area contributed by atoms with Crippen LogP contribution < -0.4 is 4.74 Å². The molecular weight excluding hydrogens is 227 g/mol. The molecule has 4 nitrogen and oxygen atoms in total. The molecule has 0 spiro atoms. The number of ketones is 1. The monoisotopic (exact) mass is 240 g/mol. The Morgan fingerprint density at radius 3 is 2.53 bits per heavy atom. The smallest absolute Gasteiger partial charge is 0.344 e. The Balaban J connectivity index is 2.93. The molecule has 92 valence electrons. The summed E-state index contributed by atoms with van der Waals surface area (Å²) in [6.07, 6.45) is -0.865. The maximum atomic E-state index is 13.5. The molecule has 17 heavy (non-hydrogen) atoms. The molecular formula is C12H13FO4. The van der Waals surface area contributed by atoms with Crippen molar-refractivity contribution >= 4 is 11.8 Å². The maximum absolute atomic E-state index is 13.5. The lowest BCUT2D eigenvalue weighted by molar-refractivity contribution is -0.145. The third-order valence-electron chi connectivity index (χ3n) is 2.25. The minimum atomic E-state index is -1.15. The summed E-state index contributed by atoms with van der Waals surface area (Å²) in [5, 5.41) is 8.77. The van der Waals surface area contributed by atoms with Gasteiger partial charge in [0, 0.05) is 5.56 Å². The number of ether oxygens (including phenoxy) is 1. The van der Waals surface area contributed by atoms with Gasteiger partial charge < -0.3 is 9.84 Å². The van der Waals surface area contributed by atoms with Crippen LogP contribution in [0.4, 0.5) is 4.39 Å². The van der Waals surface area contributed by atoms with E-state index < -0.39 is 17.9 Å². The van der Waals surface area contributed by atoms with E-state index in [1.165, 1.54) is 19.1 Å². The molecule has 1 aromatic rings. The fraction of sp³-hybridized carbons (Fsp3) is 0.333. The van der Waals surface area contributed by atoms with E-state index in [1.54, 1.807) is 6.92 Å². The fourth-order valence-corrected chi connectivity index (χ4v) is 1.28. The molecule has 0 amide bonds. The molecule has 0 aliphatic heterocycles. The van der Waals surface area contributed by atoms with Crippen molar-refractivity contribution in [2.45, 2.75) is 26.4 Å². The van der Waals surface area contributed by atoms with Crippen molar-refractivity contribution in [3.63, 3.8) is 0 Å². The van der Waals surface area contributed by atoms with Crippen LogP contribution >= 0.6 is 0 Å². The first kappa shape index (κ1) is 13.2. The van der Waals surface area contributed by atoms with Crippen LogP contribution in [-0.4, -0.2) is 23.0 Å². The van der Waals surface area contributed by atoms with Crippen LogP contribution in [0.3, 0.4) is 0 Å². The van der Waals surface area contributed by atoms with Gasteiger partial charge in [0.25, 0.3) is 0 Å². The number of halogens is 1. The lowest BCUT2D eigenvalue weighted by atomic mass is 10.1. The predicted octanol–water partition coefficient (Wildman–Crippen LogP) is 2.27. The zero-order chi connectivity index (χ0) is 13.0. The van der Waals surface area contributed by atoms with Crippen LogP contribution in [0.15, 0.2) is 18.2 Å². The second kappa shape index (κ2) is 5.43. The lowest BCUT2D eigenvalue weighted by Gasteiger charge is -2.13. The molecule has 0 bridgehead atoms. The summed E-state index contributed by atoms with van der Waals surface area (Å²) in [6.45, 7) is 2.95. The van der Waals surface area contributed by atoms with Crippen molar-refractivity contribution < 1.29 is 23.8 Å². The van der Waals surface area contributed by atoms with Gasteiger partial charge in [0.15, 0.2) is 23.5 Å². The summed E-state index contributed by atoms with van der Waals surface area (Å²) in [5.74, 6) is -2.31. The summed E-state index contributed by atoms with van der Waals surface area (Å²) in [5.41, 5.74) is 0.221. The van der Waals surface area contributed by atoms with Crippen molar-refractivity contribution in [3.8, 4) is 5.75 Å². The average Bonchev–Trinajstić information content (AvgIpc) is 2.26. The third kappa shape index (κ3) is 3.27. The van der Waals surface area contributed by atoms with Gasteiger partial charge in [-0.25, -0.2) is 9.18 Å². The molecule has 0 aliphatic rings. The topological polar surface area (TPSA) is 63.6 Å². The Morgan fingerprint density at radius 2 is 2.12 bits per heavy atom. The summed E-state index contributed by atoms with van der Waals surface area (Å²) in [4.78, 5) is 21.7. The van der Waals surface area contributed by atoms with Gasteiger partial charge in [0.05, 0.1) is 0 Å². The zero-order valence-corrected chi connectivity index (χ0v) is 9.57. The number of hydrogen-bond donors (Lipinski definition) is 1. The van der Waals surface area contributed by atoms with Gasteiger partial charge in [-0.2, -0.15) is 0 Å². The molecule has 1 atom stereocenters. The van der Waals surface area contributed by atoms with E-state index in [9.17, 15) is 14.0 Å². The van der Waals surface area contributed by atoms with Crippen LogP contribution in [0, 0.1) is 5.82 Å². The first-order valence-electron chi connectivity index (χ1n) is 5.15. The van der Waals surface area contributed by atoms with Gasteiger partial charge in [0.2, 0.25) is 0 Å². The SMILES string of the molecule is CCC(Oc1ccc(C(C)=O)cc1F)C(=O)O. The highest BCUT2D eigenvalue weighted by Crippen LogP contribution is 2.20. The number of Topliss-reactive ketones (excluding diaryl/α,β-unsaturated/α-hetero) is 1. The van der Waals surface area contributed by atoms with Gasteiger partial charge in [-0.15, -0.1) is 0 Å². The molecule has 0 fully saturated rings. The van der Waals surface area contributed by atoms with Crippen LogP contribution in [0.1, 0.15) is 30.6 Å². The number of carbonyl (C=O) groups is 2. The van der Waals surface area contributed by atoms with Gasteiger partial charge in [-0.1, -0.05) is 6.92 Å². The van der Waals surface area contributed by atoms with E-state index >= 15 is 0 Å². The zero-order valence-electron chi connectivity index (χ0n) is 9.57. The highest BCUT2D eigenvalue weighted by molar-refractivity contribution is 5.94. The quantitative estimate of drug-likeness (QED) is 0.802. The largest absolute Gasteiger partial charge is 0.479 e. The van der Waals surface area contributed by atoms with Gasteiger partial charge in [0.1, 0.15) is 0 Å². The molecule has 1 unspecified atom stereocenters. The highest BCUT2D eigenvalue weighted by Gasteiger charge is 2.19. The Morgan fingerprint density at radius 1 is 1.47 bits per heavy atom. The van der Waals surface area contributed by atoms with Crippen LogP contribution in [0.2, 0.25) is 0 Å². The molecule has 0 radical (unpaired) electrons. The van der Waals surface area contributed by atoms with Crippen molar-refractivity contribution in [1.29, 1.82) is 0 Å². The Bertz CT molecular complexity index is 442. The Kier molecular flexibility index (Phi) is 4.20. The average molecular weight is 240 g/mol. The van der Waals surface area contributed by atoms with Gasteiger partial charge >= 0.3 is 5.97 Å². The van der Waals surface area contributed by atoms with E-state index in [1.807, 2.05) is 0 Å². The number of benzene rings is 1. The molecule has 0 heterocycles. The van der Waals surface area contributed by atoms with E-state index in [0.29, 0.717) is 0 Å². The van der Waals surface area contributed by atoms with E-state index in [-0.39, 0.29) is 23.5 Å². The molecule has 0 saturated carbocycles. The number of carbonyl (C=O) groups excluding carboxylic acids is 1. The first-order chi connectivity index (χ1) is 7.95. The number of rotatable bonds is 5. The molecule has 1 N–H and O–H groups in total. The molecule has 5 heteroatoms. The van der Waals surface area contributed by atoms with Crippen molar-refractivity contribution in [2.24, 2.45) is 0 Å². The maximum Gasteiger partial charge on any atom is 0.344 e. The van der Waals surface area contributed by atoms with E-state index in [2.05, 4.69) is 0 Å². The fourth-order valence-electron chi connectivity index (χ4n) is 1.28. The minimum Gasteiger partial charge on any atom is -0.479 e. The van der Waals surface area contributed by atoms with E-state index in [0.717, 1.165) is 6.07 Å². The number of aliphatic carboxylic acids is 1. The minimum absolute atomic E-state index is 0.163. The summed E-state index contributed by atoms with van der Waals surface area (Å²) >= 11 is 0. The summed E-state index contributed by atoms with van der Waals surface area (Å²) in [7, 11) is 0. The van der Waals surface area contributed by atoms with Crippen molar-refractivity contribution in [3.05, 3.63) is 29.6 Å². The Hall–Kier alpha value is -1.91.